The van der Waals surface area contributed by atoms with Gasteiger partial charge in [-0.2, -0.15) is 5.26 Å². The Labute approximate surface area is 140 Å². The van der Waals surface area contributed by atoms with Gasteiger partial charge in [0.05, 0.1) is 12.3 Å². The van der Waals surface area contributed by atoms with Crippen molar-refractivity contribution in [2.75, 3.05) is 13.1 Å². The van der Waals surface area contributed by atoms with Crippen LogP contribution in [0.5, 0.6) is 0 Å². The number of ketones is 2. The van der Waals surface area contributed by atoms with E-state index < -0.39 is 23.4 Å². The molecule has 0 radical (unpaired) electrons. The van der Waals surface area contributed by atoms with E-state index in [1.165, 1.54) is 6.26 Å². The molecule has 0 spiro atoms. The molecule has 0 bridgehead atoms. The van der Waals surface area contributed by atoms with E-state index in [4.69, 9.17) is 4.42 Å². The minimum absolute atomic E-state index is 0.0663. The summed E-state index contributed by atoms with van der Waals surface area (Å²) < 4.78 is 5.13. The van der Waals surface area contributed by atoms with Crippen LogP contribution in [-0.4, -0.2) is 35.5 Å². The van der Waals surface area contributed by atoms with Crippen LogP contribution in [0.25, 0.3) is 0 Å². The molecule has 1 aliphatic carbocycles. The first-order valence-corrected chi connectivity index (χ1v) is 8.33. The van der Waals surface area contributed by atoms with Gasteiger partial charge in [-0.15, -0.1) is 0 Å². The highest BCUT2D eigenvalue weighted by atomic mass is 16.3. The zero-order chi connectivity index (χ0) is 17.3. The molecule has 1 amide bonds. The van der Waals surface area contributed by atoms with Crippen LogP contribution in [0.1, 0.15) is 41.8 Å². The largest absolute Gasteiger partial charge is 0.461 e. The number of carbonyl (C=O) groups is 3. The Morgan fingerprint density at radius 3 is 2.62 bits per heavy atom. The molecular formula is C18H20N2O4. The first-order valence-electron chi connectivity index (χ1n) is 8.33. The number of furan rings is 1. The lowest BCUT2D eigenvalue weighted by atomic mass is 9.84. The van der Waals surface area contributed by atoms with Crippen LogP contribution < -0.4 is 0 Å². The zero-order valence-electron chi connectivity index (χ0n) is 13.7. The van der Waals surface area contributed by atoms with Gasteiger partial charge in [-0.3, -0.25) is 14.4 Å². The Balaban J connectivity index is 1.71. The second kappa shape index (κ2) is 6.60. The van der Waals surface area contributed by atoms with Crippen molar-refractivity contribution in [1.82, 2.24) is 4.90 Å². The lowest BCUT2D eigenvalue weighted by Crippen LogP contribution is -2.45. The van der Waals surface area contributed by atoms with Gasteiger partial charge in [0.25, 0.3) is 0 Å². The molecule has 0 N–H and O–H groups in total. The average Bonchev–Trinajstić information content (AvgIpc) is 3.36. The quantitative estimate of drug-likeness (QED) is 0.610. The van der Waals surface area contributed by atoms with Crippen molar-refractivity contribution < 1.29 is 18.8 Å². The van der Waals surface area contributed by atoms with Crippen LogP contribution >= 0.6 is 0 Å². The van der Waals surface area contributed by atoms with E-state index in [1.807, 2.05) is 6.07 Å². The number of amides is 1. The van der Waals surface area contributed by atoms with Gasteiger partial charge in [-0.25, -0.2) is 0 Å². The minimum atomic E-state index is -1.36. The molecule has 24 heavy (non-hydrogen) atoms. The van der Waals surface area contributed by atoms with Gasteiger partial charge in [-0.05, 0) is 44.2 Å². The molecule has 6 heteroatoms. The number of hydrogen-bond donors (Lipinski definition) is 0. The van der Waals surface area contributed by atoms with E-state index in [1.54, 1.807) is 17.9 Å². The summed E-state index contributed by atoms with van der Waals surface area (Å²) in [4.78, 5) is 39.1. The fourth-order valence-corrected chi connectivity index (χ4v) is 3.24. The molecule has 2 atom stereocenters. The number of nitrogens with zero attached hydrogens (tertiary/aromatic N) is 2. The first kappa shape index (κ1) is 16.4. The molecular weight excluding hydrogens is 308 g/mol. The van der Waals surface area contributed by atoms with E-state index in [0.717, 1.165) is 19.3 Å². The SMILES string of the molecule is Cc1ccoc1C(=O)[C@@H](C#N)C(=O)[C@@H]1CCCN(C(=O)C2CC2)C1. The van der Waals surface area contributed by atoms with Crippen molar-refractivity contribution in [3.05, 3.63) is 23.7 Å². The van der Waals surface area contributed by atoms with E-state index in [0.29, 0.717) is 25.1 Å². The van der Waals surface area contributed by atoms with Crippen molar-refractivity contribution in [3.63, 3.8) is 0 Å². The number of hydrogen-bond acceptors (Lipinski definition) is 5. The maximum absolute atomic E-state index is 12.7. The van der Waals surface area contributed by atoms with E-state index in [9.17, 15) is 19.6 Å². The normalized spacial score (nSPS) is 21.8. The first-order chi connectivity index (χ1) is 11.5. The third kappa shape index (κ3) is 3.12. The topological polar surface area (TPSA) is 91.4 Å². The predicted molar refractivity (Wildman–Crippen MR) is 83.9 cm³/mol. The maximum atomic E-state index is 12.7. The Kier molecular flexibility index (Phi) is 4.52. The Hall–Kier alpha value is -2.42. The van der Waals surface area contributed by atoms with Gasteiger partial charge in [-0.1, -0.05) is 0 Å². The summed E-state index contributed by atoms with van der Waals surface area (Å²) in [5.74, 6) is -2.52. The molecule has 6 nitrogen and oxygen atoms in total. The van der Waals surface area contributed by atoms with Gasteiger partial charge in [0.1, 0.15) is 0 Å². The lowest BCUT2D eigenvalue weighted by molar-refractivity contribution is -0.136. The number of nitriles is 1. The van der Waals surface area contributed by atoms with Gasteiger partial charge < -0.3 is 9.32 Å². The van der Waals surface area contributed by atoms with Crippen LogP contribution in [0.4, 0.5) is 0 Å². The van der Waals surface area contributed by atoms with Crippen LogP contribution in [-0.2, 0) is 9.59 Å². The van der Waals surface area contributed by atoms with Crippen molar-refractivity contribution in [2.45, 2.75) is 32.6 Å². The summed E-state index contributed by atoms with van der Waals surface area (Å²) >= 11 is 0. The molecule has 2 aliphatic rings. The zero-order valence-corrected chi connectivity index (χ0v) is 13.7. The van der Waals surface area contributed by atoms with E-state index >= 15 is 0 Å². The van der Waals surface area contributed by atoms with Crippen molar-refractivity contribution in [2.24, 2.45) is 17.8 Å². The third-order valence-electron chi connectivity index (χ3n) is 4.82. The lowest BCUT2D eigenvalue weighted by Gasteiger charge is -2.32. The molecule has 0 unspecified atom stereocenters. The molecule has 0 aromatic carbocycles. The molecule has 1 saturated carbocycles. The fraction of sp³-hybridized carbons (Fsp3) is 0.556. The summed E-state index contributed by atoms with van der Waals surface area (Å²) in [7, 11) is 0. The third-order valence-corrected chi connectivity index (χ3v) is 4.82. The molecule has 3 rings (SSSR count). The molecule has 1 aliphatic heterocycles. The molecule has 1 saturated heterocycles. The second-order valence-corrected chi connectivity index (χ2v) is 6.66. The molecule has 2 heterocycles. The second-order valence-electron chi connectivity index (χ2n) is 6.66. The summed E-state index contributed by atoms with van der Waals surface area (Å²) in [5.41, 5.74) is 0.613. The van der Waals surface area contributed by atoms with Crippen molar-refractivity contribution >= 4 is 17.5 Å². The summed E-state index contributed by atoms with van der Waals surface area (Å²) in [6.45, 7) is 2.67. The Bertz CT molecular complexity index is 711. The van der Waals surface area contributed by atoms with Crippen LogP contribution in [0.15, 0.2) is 16.7 Å². The number of likely N-dealkylation sites (tertiary alicyclic amines) is 1. The minimum Gasteiger partial charge on any atom is -0.461 e. The fourth-order valence-electron chi connectivity index (χ4n) is 3.24. The number of Topliss-reactive ketones (excluding diaryl/α,β-unsaturated/α-hetero) is 2. The number of rotatable bonds is 5. The smallest absolute Gasteiger partial charge is 0.225 e. The van der Waals surface area contributed by atoms with Gasteiger partial charge >= 0.3 is 0 Å². The number of piperidine rings is 1. The standard InChI is InChI=1S/C18H20N2O4/c1-11-6-8-24-17(11)16(22)14(9-19)15(21)13-3-2-7-20(10-13)18(23)12-4-5-12/h6,8,12-14H,2-5,7,10H2,1H3/t13-,14+/m1/s1. The van der Waals surface area contributed by atoms with Gasteiger partial charge in [0.15, 0.2) is 17.5 Å². The summed E-state index contributed by atoms with van der Waals surface area (Å²) in [6, 6.07) is 3.46. The monoisotopic (exact) mass is 328 g/mol. The van der Waals surface area contributed by atoms with Crippen molar-refractivity contribution in [1.29, 1.82) is 5.26 Å². The van der Waals surface area contributed by atoms with E-state index in [2.05, 4.69) is 0 Å². The highest BCUT2D eigenvalue weighted by Crippen LogP contribution is 2.33. The number of carbonyl (C=O) groups excluding carboxylic acids is 3. The molecule has 2 fully saturated rings. The van der Waals surface area contributed by atoms with E-state index in [-0.39, 0.29) is 17.6 Å². The Morgan fingerprint density at radius 1 is 1.29 bits per heavy atom. The van der Waals surface area contributed by atoms with Crippen LogP contribution in [0.3, 0.4) is 0 Å². The average molecular weight is 328 g/mol. The van der Waals surface area contributed by atoms with Gasteiger partial charge in [0, 0.05) is 24.9 Å². The molecule has 126 valence electrons. The highest BCUT2D eigenvalue weighted by Gasteiger charge is 2.40. The maximum Gasteiger partial charge on any atom is 0.225 e. The Morgan fingerprint density at radius 2 is 2.04 bits per heavy atom. The number of aryl methyl sites for hydroxylation is 1. The predicted octanol–water partition coefficient (Wildman–Crippen LogP) is 2.13. The van der Waals surface area contributed by atoms with Crippen LogP contribution in [0.2, 0.25) is 0 Å². The van der Waals surface area contributed by atoms with Gasteiger partial charge in [0.2, 0.25) is 11.7 Å². The summed E-state index contributed by atoms with van der Waals surface area (Å²) in [6.07, 6.45) is 4.55. The van der Waals surface area contributed by atoms with Crippen molar-refractivity contribution in [3.8, 4) is 6.07 Å². The molecule has 1 aromatic rings. The molecule has 1 aromatic heterocycles. The summed E-state index contributed by atoms with van der Waals surface area (Å²) in [5, 5.41) is 9.35. The van der Waals surface area contributed by atoms with Crippen LogP contribution in [0, 0.1) is 36.0 Å². The highest BCUT2D eigenvalue weighted by molar-refractivity contribution is 6.12.